The number of anilines is 1. The lowest BCUT2D eigenvalue weighted by Crippen LogP contribution is -2.58. The van der Waals surface area contributed by atoms with Crippen LogP contribution < -0.4 is 16.0 Å². The van der Waals surface area contributed by atoms with Crippen molar-refractivity contribution in [3.63, 3.8) is 0 Å². The van der Waals surface area contributed by atoms with E-state index in [-0.39, 0.29) is 29.5 Å². The monoisotopic (exact) mass is 681 g/mol. The van der Waals surface area contributed by atoms with Crippen LogP contribution in [0.1, 0.15) is 82.3 Å². The molecule has 2 saturated carbocycles. The number of nitrogens with one attached hydrogen (secondary N) is 3. The maximum atomic E-state index is 15.8. The molecule has 13 heteroatoms. The molecule has 1 aliphatic heterocycles. The van der Waals surface area contributed by atoms with E-state index in [2.05, 4.69) is 25.9 Å². The summed E-state index contributed by atoms with van der Waals surface area (Å²) in [5.74, 6) is -2.13. The molecule has 2 aliphatic carbocycles. The van der Waals surface area contributed by atoms with Crippen molar-refractivity contribution < 1.29 is 28.3 Å². The van der Waals surface area contributed by atoms with Crippen molar-refractivity contribution >= 4 is 29.3 Å². The second kappa shape index (κ2) is 15.8. The van der Waals surface area contributed by atoms with Gasteiger partial charge in [-0.25, -0.2) is 4.39 Å². The second-order valence-electron chi connectivity index (χ2n) is 14.0. The van der Waals surface area contributed by atoms with Crippen molar-refractivity contribution in [3.8, 4) is 0 Å². The van der Waals surface area contributed by atoms with Crippen molar-refractivity contribution in [3.05, 3.63) is 47.5 Å². The Morgan fingerprint density at radius 1 is 0.980 bits per heavy atom. The summed E-state index contributed by atoms with van der Waals surface area (Å²) in [6.45, 7) is 11.7. The summed E-state index contributed by atoms with van der Waals surface area (Å²) < 4.78 is 22.9. The number of amides is 4. The van der Waals surface area contributed by atoms with Crippen LogP contribution in [0.5, 0.6) is 0 Å². The standard InChI is InChI=1S/C36H52FN7O5/c1-7-44-29(15-16-38-44)34(46)41-32(30(24-9-10-24)25-11-12-25)35(47)39-28-14-13-26(19-27(28)37)22(4)31(40-33(45)23(5)49-8-2)36(48)43-18-17-42(6)21(3)20-43/h13-16,19,21-25,30-32H,7-12,17-18,20H2,1-6H3,(H,39,47)(H,40,45)(H,41,46)/t21-,22+,23?,31-,32+/m1/s1. The molecule has 3 aliphatic rings. The highest BCUT2D eigenvalue weighted by Crippen LogP contribution is 2.51. The molecule has 0 bridgehead atoms. The van der Waals surface area contributed by atoms with E-state index in [1.807, 2.05) is 20.9 Å². The van der Waals surface area contributed by atoms with Crippen LogP contribution in [-0.2, 0) is 25.7 Å². The Morgan fingerprint density at radius 3 is 2.27 bits per heavy atom. The van der Waals surface area contributed by atoms with Gasteiger partial charge in [-0.05, 0) is 102 Å². The number of rotatable bonds is 15. The summed E-state index contributed by atoms with van der Waals surface area (Å²) in [6.07, 6.45) is 4.80. The Hall–Kier alpha value is -3.84. The number of carbonyl (C=O) groups excluding carboxylic acids is 4. The molecule has 0 spiro atoms. The van der Waals surface area contributed by atoms with Crippen LogP contribution >= 0.6 is 0 Å². The molecule has 1 aromatic carbocycles. The summed E-state index contributed by atoms with van der Waals surface area (Å²) in [5, 5.41) is 12.8. The second-order valence-corrected chi connectivity index (χ2v) is 14.0. The van der Waals surface area contributed by atoms with Crippen molar-refractivity contribution in [1.82, 2.24) is 30.2 Å². The van der Waals surface area contributed by atoms with Crippen LogP contribution in [-0.4, -0.2) is 101 Å². The first-order chi connectivity index (χ1) is 23.4. The number of piperazine rings is 1. The van der Waals surface area contributed by atoms with Crippen molar-refractivity contribution in [2.24, 2.45) is 17.8 Å². The van der Waals surface area contributed by atoms with Gasteiger partial charge in [0.25, 0.3) is 5.91 Å². The number of halogens is 1. The first-order valence-electron chi connectivity index (χ1n) is 17.8. The van der Waals surface area contributed by atoms with E-state index in [1.54, 1.807) is 48.7 Å². The highest BCUT2D eigenvalue weighted by Gasteiger charge is 2.48. The van der Waals surface area contributed by atoms with Gasteiger partial charge in [0.05, 0.1) is 5.69 Å². The SMILES string of the molecule is CCOC(C)C(=O)N[C@@H](C(=O)N1CCN(C)[C@H](C)C1)[C@@H](C)c1ccc(NC(=O)[C@@H](NC(=O)c2ccnn2CC)C(C2CC2)C2CC2)c(F)c1. The predicted molar refractivity (Wildman–Crippen MR) is 183 cm³/mol. The molecule has 268 valence electrons. The molecule has 0 radical (unpaired) electrons. The van der Waals surface area contributed by atoms with Gasteiger partial charge in [-0.15, -0.1) is 0 Å². The zero-order valence-electron chi connectivity index (χ0n) is 29.6. The number of aryl methyl sites for hydroxylation is 1. The highest BCUT2D eigenvalue weighted by atomic mass is 19.1. The third kappa shape index (κ3) is 8.67. The maximum absolute atomic E-state index is 15.8. The Labute approximate surface area is 288 Å². The van der Waals surface area contributed by atoms with Crippen molar-refractivity contribution in [2.75, 3.05) is 38.6 Å². The predicted octanol–water partition coefficient (Wildman–Crippen LogP) is 3.39. The van der Waals surface area contributed by atoms with E-state index in [0.29, 0.717) is 55.9 Å². The molecule has 12 nitrogen and oxygen atoms in total. The highest BCUT2D eigenvalue weighted by molar-refractivity contribution is 6.01. The van der Waals surface area contributed by atoms with Gasteiger partial charge in [0.1, 0.15) is 29.7 Å². The van der Waals surface area contributed by atoms with Crippen LogP contribution in [0, 0.1) is 23.6 Å². The molecule has 1 unspecified atom stereocenters. The van der Waals surface area contributed by atoms with Gasteiger partial charge in [-0.2, -0.15) is 5.10 Å². The molecular formula is C36H52FN7O5. The van der Waals surface area contributed by atoms with Gasteiger partial charge < -0.3 is 30.5 Å². The molecule has 2 heterocycles. The summed E-state index contributed by atoms with van der Waals surface area (Å²) >= 11 is 0. The average Bonchev–Trinajstić information content (AvgIpc) is 4.03. The van der Waals surface area contributed by atoms with Crippen LogP contribution in [0.2, 0.25) is 0 Å². The number of hydrogen-bond donors (Lipinski definition) is 3. The molecular weight excluding hydrogens is 629 g/mol. The van der Waals surface area contributed by atoms with E-state index < -0.39 is 41.7 Å². The van der Waals surface area contributed by atoms with E-state index >= 15 is 4.39 Å². The Morgan fingerprint density at radius 2 is 1.67 bits per heavy atom. The van der Waals surface area contributed by atoms with Gasteiger partial charge in [-0.3, -0.25) is 23.9 Å². The number of aromatic nitrogens is 2. The van der Waals surface area contributed by atoms with E-state index in [1.165, 1.54) is 12.1 Å². The maximum Gasteiger partial charge on any atom is 0.270 e. The number of benzene rings is 1. The van der Waals surface area contributed by atoms with Crippen LogP contribution in [0.4, 0.5) is 10.1 Å². The third-order valence-corrected chi connectivity index (χ3v) is 10.4. The summed E-state index contributed by atoms with van der Waals surface area (Å²) in [6, 6.07) is 4.44. The van der Waals surface area contributed by atoms with Crippen molar-refractivity contribution in [1.29, 1.82) is 0 Å². The molecule has 1 aromatic heterocycles. The summed E-state index contributed by atoms with van der Waals surface area (Å²) in [5.41, 5.74) is 0.842. The fourth-order valence-electron chi connectivity index (χ4n) is 6.98. The molecule has 3 fully saturated rings. The van der Waals surface area contributed by atoms with Gasteiger partial charge in [0.2, 0.25) is 17.7 Å². The Balaban J connectivity index is 1.35. The average molecular weight is 682 g/mol. The normalized spacial score (nSPS) is 20.7. The number of carbonyl (C=O) groups is 4. The molecule has 4 amide bonds. The zero-order valence-corrected chi connectivity index (χ0v) is 29.6. The van der Waals surface area contributed by atoms with Gasteiger partial charge in [-0.1, -0.05) is 13.0 Å². The Bertz CT molecular complexity index is 1500. The van der Waals surface area contributed by atoms with E-state index in [9.17, 15) is 19.2 Å². The summed E-state index contributed by atoms with van der Waals surface area (Å²) in [7, 11) is 2.01. The molecule has 5 atom stereocenters. The van der Waals surface area contributed by atoms with Gasteiger partial charge >= 0.3 is 0 Å². The van der Waals surface area contributed by atoms with Gasteiger partial charge in [0.15, 0.2) is 0 Å². The quantitative estimate of drug-likeness (QED) is 0.262. The molecule has 2 aromatic rings. The largest absolute Gasteiger partial charge is 0.369 e. The number of nitrogens with zero attached hydrogens (tertiary/aromatic N) is 4. The van der Waals surface area contributed by atoms with Crippen LogP contribution in [0.15, 0.2) is 30.5 Å². The number of hydrogen-bond acceptors (Lipinski definition) is 7. The minimum atomic E-state index is -0.958. The van der Waals surface area contributed by atoms with Crippen LogP contribution in [0.3, 0.4) is 0 Å². The first-order valence-corrected chi connectivity index (χ1v) is 17.8. The minimum Gasteiger partial charge on any atom is -0.369 e. The smallest absolute Gasteiger partial charge is 0.270 e. The lowest BCUT2D eigenvalue weighted by Gasteiger charge is -2.40. The molecule has 1 saturated heterocycles. The lowest BCUT2D eigenvalue weighted by atomic mass is 9.88. The topological polar surface area (TPSA) is 138 Å². The number of likely N-dealkylation sites (N-methyl/N-ethyl adjacent to an activating group) is 1. The summed E-state index contributed by atoms with van der Waals surface area (Å²) in [4.78, 5) is 58.1. The first kappa shape index (κ1) is 36.4. The van der Waals surface area contributed by atoms with Gasteiger partial charge in [0, 0.05) is 50.9 Å². The minimum absolute atomic E-state index is 0.0195. The molecule has 5 rings (SSSR count). The lowest BCUT2D eigenvalue weighted by molar-refractivity contribution is -0.142. The van der Waals surface area contributed by atoms with E-state index in [4.69, 9.17) is 4.74 Å². The Kier molecular flexibility index (Phi) is 11.7. The van der Waals surface area contributed by atoms with E-state index in [0.717, 1.165) is 25.7 Å². The fourth-order valence-corrected chi connectivity index (χ4v) is 6.98. The van der Waals surface area contributed by atoms with Crippen molar-refractivity contribution in [2.45, 2.75) is 97.0 Å². The molecule has 49 heavy (non-hydrogen) atoms. The van der Waals surface area contributed by atoms with Crippen LogP contribution in [0.25, 0.3) is 0 Å². The number of ether oxygens (including phenoxy) is 1. The zero-order chi connectivity index (χ0) is 35.4. The third-order valence-electron chi connectivity index (χ3n) is 10.4. The fraction of sp³-hybridized carbons (Fsp3) is 0.639. The molecule has 3 N–H and O–H groups in total.